The molecule has 2 rings (SSSR count). The average Bonchev–Trinajstić information content (AvgIpc) is 2.22. The summed E-state index contributed by atoms with van der Waals surface area (Å²) in [7, 11) is 0. The zero-order valence-corrected chi connectivity index (χ0v) is 8.69. The van der Waals surface area contributed by atoms with Crippen molar-refractivity contribution in [1.82, 2.24) is 4.98 Å². The van der Waals surface area contributed by atoms with E-state index in [1.807, 2.05) is 0 Å². The van der Waals surface area contributed by atoms with Crippen molar-refractivity contribution in [2.24, 2.45) is 0 Å². The number of nitrogens with one attached hydrogen (secondary N) is 1. The summed E-state index contributed by atoms with van der Waals surface area (Å²) in [4.78, 5) is 4.17. The van der Waals surface area contributed by atoms with Gasteiger partial charge >= 0.3 is 0 Å². The van der Waals surface area contributed by atoms with Gasteiger partial charge in [-0.1, -0.05) is 12.8 Å². The number of aromatic nitrogens is 1. The van der Waals surface area contributed by atoms with Crippen molar-refractivity contribution in [2.45, 2.75) is 37.8 Å². The molecule has 1 aromatic heterocycles. The van der Waals surface area contributed by atoms with E-state index in [2.05, 4.69) is 10.3 Å². The van der Waals surface area contributed by atoms with Crippen LogP contribution in [0.2, 0.25) is 0 Å². The molecule has 0 bridgehead atoms. The first-order valence-electron chi connectivity index (χ1n) is 5.42. The van der Waals surface area contributed by atoms with E-state index in [9.17, 15) is 5.11 Å². The second kappa shape index (κ2) is 4.49. The van der Waals surface area contributed by atoms with Crippen molar-refractivity contribution in [3.8, 4) is 0 Å². The highest BCUT2D eigenvalue weighted by molar-refractivity contribution is 5.48. The Morgan fingerprint density at radius 2 is 2.20 bits per heavy atom. The van der Waals surface area contributed by atoms with Crippen LogP contribution in [0.25, 0.3) is 0 Å². The van der Waals surface area contributed by atoms with Crippen LogP contribution in [0.3, 0.4) is 0 Å². The molecular formula is C11H17N3O. The quantitative estimate of drug-likeness (QED) is 0.685. The standard InChI is InChI=1S/C11H17N3O/c12-8-5-6-13-11(7-8)14-9-3-1-2-4-10(9)15/h5-7,9-10,15H,1-4H2,(H3,12,13,14). The molecular weight excluding hydrogens is 190 g/mol. The van der Waals surface area contributed by atoms with Gasteiger partial charge in [0.1, 0.15) is 5.82 Å². The normalized spacial score (nSPS) is 26.2. The third-order valence-electron chi connectivity index (χ3n) is 2.85. The van der Waals surface area contributed by atoms with Crippen molar-refractivity contribution in [3.63, 3.8) is 0 Å². The summed E-state index contributed by atoms with van der Waals surface area (Å²) < 4.78 is 0. The Kier molecular flexibility index (Phi) is 3.06. The number of nitrogens with zero attached hydrogens (tertiary/aromatic N) is 1. The molecule has 15 heavy (non-hydrogen) atoms. The number of aliphatic hydroxyl groups excluding tert-OH is 1. The lowest BCUT2D eigenvalue weighted by molar-refractivity contribution is 0.116. The van der Waals surface area contributed by atoms with E-state index < -0.39 is 0 Å². The molecule has 4 N–H and O–H groups in total. The topological polar surface area (TPSA) is 71.2 Å². The number of hydrogen-bond acceptors (Lipinski definition) is 4. The average molecular weight is 207 g/mol. The first-order valence-corrected chi connectivity index (χ1v) is 5.42. The fourth-order valence-electron chi connectivity index (χ4n) is 2.00. The predicted molar refractivity (Wildman–Crippen MR) is 60.5 cm³/mol. The van der Waals surface area contributed by atoms with Gasteiger partial charge in [-0.05, 0) is 18.9 Å². The molecule has 82 valence electrons. The maximum atomic E-state index is 9.78. The Balaban J connectivity index is 2.01. The molecule has 0 aromatic carbocycles. The van der Waals surface area contributed by atoms with E-state index in [1.54, 1.807) is 18.3 Å². The molecule has 1 fully saturated rings. The van der Waals surface area contributed by atoms with Crippen molar-refractivity contribution in [1.29, 1.82) is 0 Å². The van der Waals surface area contributed by atoms with E-state index in [-0.39, 0.29) is 12.1 Å². The highest BCUT2D eigenvalue weighted by Crippen LogP contribution is 2.21. The van der Waals surface area contributed by atoms with Gasteiger partial charge < -0.3 is 16.2 Å². The Hall–Kier alpha value is -1.29. The van der Waals surface area contributed by atoms with Crippen LogP contribution >= 0.6 is 0 Å². The summed E-state index contributed by atoms with van der Waals surface area (Å²) >= 11 is 0. The molecule has 0 saturated heterocycles. The third kappa shape index (κ3) is 2.59. The minimum atomic E-state index is -0.262. The maximum Gasteiger partial charge on any atom is 0.128 e. The summed E-state index contributed by atoms with van der Waals surface area (Å²) in [5, 5.41) is 13.0. The molecule has 1 aliphatic rings. The van der Waals surface area contributed by atoms with E-state index in [0.29, 0.717) is 5.69 Å². The molecule has 4 heteroatoms. The number of aliphatic hydroxyl groups is 1. The molecule has 1 aliphatic carbocycles. The second-order valence-corrected chi connectivity index (χ2v) is 4.08. The van der Waals surface area contributed by atoms with Crippen molar-refractivity contribution in [3.05, 3.63) is 18.3 Å². The van der Waals surface area contributed by atoms with E-state index >= 15 is 0 Å². The number of nitrogen functional groups attached to an aromatic ring is 1. The van der Waals surface area contributed by atoms with Gasteiger partial charge in [0.05, 0.1) is 12.1 Å². The molecule has 0 amide bonds. The molecule has 0 radical (unpaired) electrons. The van der Waals surface area contributed by atoms with Crippen LogP contribution in [-0.2, 0) is 0 Å². The third-order valence-corrected chi connectivity index (χ3v) is 2.85. The van der Waals surface area contributed by atoms with Crippen LogP contribution < -0.4 is 11.1 Å². The number of nitrogens with two attached hydrogens (primary N) is 1. The van der Waals surface area contributed by atoms with Crippen LogP contribution in [0.5, 0.6) is 0 Å². The van der Waals surface area contributed by atoms with E-state index in [4.69, 9.17) is 5.73 Å². The van der Waals surface area contributed by atoms with Crippen molar-refractivity contribution in [2.75, 3.05) is 11.1 Å². The first-order chi connectivity index (χ1) is 7.25. The number of pyridine rings is 1. The Morgan fingerprint density at radius 3 is 2.93 bits per heavy atom. The lowest BCUT2D eigenvalue weighted by atomic mass is 9.92. The maximum absolute atomic E-state index is 9.78. The fourth-order valence-corrected chi connectivity index (χ4v) is 2.00. The van der Waals surface area contributed by atoms with Gasteiger partial charge in [0.15, 0.2) is 0 Å². The highest BCUT2D eigenvalue weighted by Gasteiger charge is 2.22. The molecule has 1 aromatic rings. The Bertz CT molecular complexity index is 329. The van der Waals surface area contributed by atoms with Gasteiger partial charge in [-0.3, -0.25) is 0 Å². The fraction of sp³-hybridized carbons (Fsp3) is 0.545. The Labute approximate surface area is 89.5 Å². The summed E-state index contributed by atoms with van der Waals surface area (Å²) in [6, 6.07) is 3.66. The van der Waals surface area contributed by atoms with Crippen LogP contribution in [0, 0.1) is 0 Å². The van der Waals surface area contributed by atoms with Gasteiger partial charge in [-0.15, -0.1) is 0 Å². The molecule has 0 aliphatic heterocycles. The van der Waals surface area contributed by atoms with Gasteiger partial charge in [0, 0.05) is 18.0 Å². The van der Waals surface area contributed by atoms with Crippen LogP contribution in [0.15, 0.2) is 18.3 Å². The summed E-state index contributed by atoms with van der Waals surface area (Å²) in [6.07, 6.45) is 5.56. The SMILES string of the molecule is Nc1ccnc(NC2CCCCC2O)c1. The molecule has 4 nitrogen and oxygen atoms in total. The Morgan fingerprint density at radius 1 is 1.40 bits per heavy atom. The monoisotopic (exact) mass is 207 g/mol. The number of hydrogen-bond donors (Lipinski definition) is 3. The molecule has 1 saturated carbocycles. The van der Waals surface area contributed by atoms with Gasteiger partial charge in [-0.25, -0.2) is 4.98 Å². The minimum absolute atomic E-state index is 0.119. The largest absolute Gasteiger partial charge is 0.399 e. The molecule has 2 atom stereocenters. The lowest BCUT2D eigenvalue weighted by Gasteiger charge is -2.28. The van der Waals surface area contributed by atoms with Crippen molar-refractivity contribution >= 4 is 11.5 Å². The zero-order valence-electron chi connectivity index (χ0n) is 8.69. The molecule has 1 heterocycles. The van der Waals surface area contributed by atoms with Gasteiger partial charge in [-0.2, -0.15) is 0 Å². The minimum Gasteiger partial charge on any atom is -0.399 e. The molecule has 0 spiro atoms. The lowest BCUT2D eigenvalue weighted by Crippen LogP contribution is -2.36. The first kappa shape index (κ1) is 10.2. The summed E-state index contributed by atoms with van der Waals surface area (Å²) in [5.74, 6) is 0.751. The predicted octanol–water partition coefficient (Wildman–Crippen LogP) is 1.38. The van der Waals surface area contributed by atoms with Crippen molar-refractivity contribution < 1.29 is 5.11 Å². The van der Waals surface area contributed by atoms with E-state index in [0.717, 1.165) is 31.5 Å². The summed E-state index contributed by atoms with van der Waals surface area (Å²) in [5.41, 5.74) is 6.35. The van der Waals surface area contributed by atoms with Crippen LogP contribution in [-0.4, -0.2) is 22.2 Å². The number of anilines is 2. The number of rotatable bonds is 2. The van der Waals surface area contributed by atoms with Crippen LogP contribution in [0.4, 0.5) is 11.5 Å². The highest BCUT2D eigenvalue weighted by atomic mass is 16.3. The molecule has 2 unspecified atom stereocenters. The van der Waals surface area contributed by atoms with Gasteiger partial charge in [0.2, 0.25) is 0 Å². The van der Waals surface area contributed by atoms with Gasteiger partial charge in [0.25, 0.3) is 0 Å². The van der Waals surface area contributed by atoms with E-state index in [1.165, 1.54) is 0 Å². The second-order valence-electron chi connectivity index (χ2n) is 4.08. The van der Waals surface area contributed by atoms with Crippen LogP contribution in [0.1, 0.15) is 25.7 Å². The smallest absolute Gasteiger partial charge is 0.128 e. The zero-order chi connectivity index (χ0) is 10.7. The summed E-state index contributed by atoms with van der Waals surface area (Å²) in [6.45, 7) is 0.